The summed E-state index contributed by atoms with van der Waals surface area (Å²) < 4.78 is 11.3. The molecule has 0 spiro atoms. The molecule has 2 aromatic rings. The van der Waals surface area contributed by atoms with Crippen LogP contribution in [0.15, 0.2) is 39.4 Å². The van der Waals surface area contributed by atoms with Crippen LogP contribution in [0.5, 0.6) is 0 Å². The number of aromatic nitrogens is 1. The Balaban J connectivity index is 1.57. The fourth-order valence-corrected chi connectivity index (χ4v) is 3.95. The molecule has 1 fully saturated rings. The molecule has 7 heteroatoms. The van der Waals surface area contributed by atoms with Crippen LogP contribution >= 0.6 is 11.3 Å². The van der Waals surface area contributed by atoms with Crippen molar-refractivity contribution in [1.82, 2.24) is 15.2 Å². The highest BCUT2D eigenvalue weighted by Crippen LogP contribution is 2.18. The lowest BCUT2D eigenvalue weighted by Gasteiger charge is -2.26. The number of nitrogens with one attached hydrogen (secondary N) is 1. The topological polar surface area (TPSA) is 62.9 Å². The first kappa shape index (κ1) is 19.9. The Kier molecular flexibility index (Phi) is 7.71. The maximum Gasteiger partial charge on any atom is 0.193 e. The van der Waals surface area contributed by atoms with Crippen molar-refractivity contribution in [1.29, 1.82) is 0 Å². The summed E-state index contributed by atoms with van der Waals surface area (Å²) in [5.74, 6) is 2.26. The summed E-state index contributed by atoms with van der Waals surface area (Å²) in [4.78, 5) is 11.5. The molecule has 1 N–H and O–H groups in total. The summed E-state index contributed by atoms with van der Waals surface area (Å²) in [6.07, 6.45) is 8.16. The van der Waals surface area contributed by atoms with E-state index in [1.54, 1.807) is 17.6 Å². The van der Waals surface area contributed by atoms with E-state index < -0.39 is 0 Å². The molecule has 2 atom stereocenters. The number of hydrogen-bond acceptors (Lipinski definition) is 5. The van der Waals surface area contributed by atoms with Crippen LogP contribution in [-0.2, 0) is 11.2 Å². The Morgan fingerprint density at radius 1 is 1.48 bits per heavy atom. The fourth-order valence-electron chi connectivity index (χ4n) is 3.26. The van der Waals surface area contributed by atoms with Crippen molar-refractivity contribution in [2.45, 2.75) is 44.6 Å². The normalized spacial score (nSPS) is 19.0. The van der Waals surface area contributed by atoms with Crippen LogP contribution in [0.2, 0.25) is 0 Å². The summed E-state index contributed by atoms with van der Waals surface area (Å²) in [5, 5.41) is 6.68. The van der Waals surface area contributed by atoms with Crippen molar-refractivity contribution >= 4 is 17.3 Å². The molecule has 0 bridgehead atoms. The summed E-state index contributed by atoms with van der Waals surface area (Å²) in [7, 11) is 2.09. The molecule has 0 aromatic carbocycles. The van der Waals surface area contributed by atoms with Gasteiger partial charge in [0.25, 0.3) is 0 Å². The molecular formula is C20H30N4O2S. The van der Waals surface area contributed by atoms with Crippen molar-refractivity contribution in [2.75, 3.05) is 33.3 Å². The highest BCUT2D eigenvalue weighted by molar-refractivity contribution is 7.09. The number of aliphatic imine (C=N–C) groups is 1. The molecule has 1 aliphatic rings. The Hall–Kier alpha value is -1.86. The van der Waals surface area contributed by atoms with Gasteiger partial charge in [0.1, 0.15) is 5.76 Å². The van der Waals surface area contributed by atoms with Crippen LogP contribution in [0.3, 0.4) is 0 Å². The first-order chi connectivity index (χ1) is 13.2. The molecule has 3 heterocycles. The highest BCUT2D eigenvalue weighted by Gasteiger charge is 2.17. The van der Waals surface area contributed by atoms with E-state index >= 15 is 0 Å². The minimum absolute atomic E-state index is 0.241. The maximum absolute atomic E-state index is 5.83. The second-order valence-electron chi connectivity index (χ2n) is 7.06. The zero-order valence-corrected chi connectivity index (χ0v) is 17.1. The lowest BCUT2D eigenvalue weighted by Crippen LogP contribution is -2.42. The number of ether oxygens (including phenoxy) is 1. The van der Waals surface area contributed by atoms with Gasteiger partial charge in [-0.1, -0.05) is 6.92 Å². The van der Waals surface area contributed by atoms with Gasteiger partial charge in [-0.05, 0) is 31.4 Å². The van der Waals surface area contributed by atoms with Crippen LogP contribution in [0.4, 0.5) is 0 Å². The monoisotopic (exact) mass is 390 g/mol. The number of rotatable bonds is 8. The lowest BCUT2D eigenvalue weighted by molar-refractivity contribution is 0.0223. The summed E-state index contributed by atoms with van der Waals surface area (Å²) in [5.41, 5.74) is 0. The van der Waals surface area contributed by atoms with Crippen molar-refractivity contribution < 1.29 is 9.15 Å². The Morgan fingerprint density at radius 2 is 2.41 bits per heavy atom. The molecule has 0 radical (unpaired) electrons. The third-order valence-electron chi connectivity index (χ3n) is 4.74. The van der Waals surface area contributed by atoms with Gasteiger partial charge in [-0.2, -0.15) is 0 Å². The molecule has 3 rings (SSSR count). The SMILES string of the molecule is CC(CN(C)C(=NCC1CCCCO1)NCCc1ccco1)c1nccs1. The van der Waals surface area contributed by atoms with E-state index in [0.717, 1.165) is 49.3 Å². The average Bonchev–Trinajstić information content (AvgIpc) is 3.39. The molecular weight excluding hydrogens is 360 g/mol. The van der Waals surface area contributed by atoms with Crippen LogP contribution in [0.1, 0.15) is 42.9 Å². The van der Waals surface area contributed by atoms with Gasteiger partial charge < -0.3 is 19.4 Å². The second kappa shape index (κ2) is 10.5. The molecule has 2 aromatic heterocycles. The van der Waals surface area contributed by atoms with Crippen molar-refractivity contribution in [2.24, 2.45) is 4.99 Å². The molecule has 2 unspecified atom stereocenters. The quantitative estimate of drug-likeness (QED) is 0.552. The van der Waals surface area contributed by atoms with Crippen molar-refractivity contribution in [3.05, 3.63) is 40.7 Å². The van der Waals surface area contributed by atoms with E-state index in [9.17, 15) is 0 Å². The number of guanidine groups is 1. The van der Waals surface area contributed by atoms with Gasteiger partial charge in [-0.3, -0.25) is 4.99 Å². The van der Waals surface area contributed by atoms with Gasteiger partial charge in [0.15, 0.2) is 5.96 Å². The number of likely N-dealkylation sites (N-methyl/N-ethyl adjacent to an activating group) is 1. The molecule has 0 saturated carbocycles. The van der Waals surface area contributed by atoms with Gasteiger partial charge in [0, 0.05) is 50.7 Å². The third-order valence-corrected chi connectivity index (χ3v) is 5.74. The molecule has 0 amide bonds. The second-order valence-corrected chi connectivity index (χ2v) is 7.99. The Bertz CT molecular complexity index is 666. The molecule has 0 aliphatic carbocycles. The third kappa shape index (κ3) is 6.36. The molecule has 27 heavy (non-hydrogen) atoms. The summed E-state index contributed by atoms with van der Waals surface area (Å²) in [6, 6.07) is 3.93. The number of thiazole rings is 1. The Morgan fingerprint density at radius 3 is 3.11 bits per heavy atom. The van der Waals surface area contributed by atoms with Gasteiger partial charge in [0.05, 0.1) is 23.9 Å². The molecule has 1 saturated heterocycles. The number of nitrogens with zero attached hydrogens (tertiary/aromatic N) is 3. The van der Waals surface area contributed by atoms with Crippen LogP contribution < -0.4 is 5.32 Å². The van der Waals surface area contributed by atoms with Crippen molar-refractivity contribution in [3.63, 3.8) is 0 Å². The summed E-state index contributed by atoms with van der Waals surface area (Å²) >= 11 is 1.71. The van der Waals surface area contributed by atoms with E-state index in [0.29, 0.717) is 12.5 Å². The molecule has 1 aliphatic heterocycles. The predicted octanol–water partition coefficient (Wildman–Crippen LogP) is 3.53. The first-order valence-electron chi connectivity index (χ1n) is 9.75. The van der Waals surface area contributed by atoms with Gasteiger partial charge in [-0.15, -0.1) is 11.3 Å². The number of hydrogen-bond donors (Lipinski definition) is 1. The minimum Gasteiger partial charge on any atom is -0.469 e. The van der Waals surface area contributed by atoms with Gasteiger partial charge >= 0.3 is 0 Å². The van der Waals surface area contributed by atoms with E-state index in [-0.39, 0.29) is 6.10 Å². The summed E-state index contributed by atoms with van der Waals surface area (Å²) in [6.45, 7) is 5.43. The zero-order valence-electron chi connectivity index (χ0n) is 16.3. The maximum atomic E-state index is 5.83. The van der Waals surface area contributed by atoms with E-state index in [1.165, 1.54) is 12.8 Å². The van der Waals surface area contributed by atoms with Crippen molar-refractivity contribution in [3.8, 4) is 0 Å². The average molecular weight is 391 g/mol. The van der Waals surface area contributed by atoms with E-state index in [2.05, 4.69) is 29.2 Å². The van der Waals surface area contributed by atoms with Gasteiger partial charge in [0.2, 0.25) is 0 Å². The van der Waals surface area contributed by atoms with Crippen LogP contribution in [0.25, 0.3) is 0 Å². The molecule has 148 valence electrons. The van der Waals surface area contributed by atoms with Crippen LogP contribution in [0, 0.1) is 0 Å². The smallest absolute Gasteiger partial charge is 0.193 e. The highest BCUT2D eigenvalue weighted by atomic mass is 32.1. The lowest BCUT2D eigenvalue weighted by atomic mass is 10.1. The first-order valence-corrected chi connectivity index (χ1v) is 10.6. The Labute approximate surface area is 165 Å². The predicted molar refractivity (Wildman–Crippen MR) is 109 cm³/mol. The largest absolute Gasteiger partial charge is 0.469 e. The standard InChI is InChI=1S/C20H30N4O2S/c1-16(19-21-10-13-27-19)15-24(2)20(22-9-8-17-7-5-12-25-17)23-14-18-6-3-4-11-26-18/h5,7,10,12-13,16,18H,3-4,6,8-9,11,14-15H2,1-2H3,(H,22,23). The van der Waals surface area contributed by atoms with Gasteiger partial charge in [-0.25, -0.2) is 4.98 Å². The zero-order chi connectivity index (χ0) is 18.9. The van der Waals surface area contributed by atoms with E-state index in [1.807, 2.05) is 23.7 Å². The van der Waals surface area contributed by atoms with E-state index in [4.69, 9.17) is 14.1 Å². The molecule has 6 nitrogen and oxygen atoms in total. The number of furan rings is 1. The van der Waals surface area contributed by atoms with Crippen LogP contribution in [-0.4, -0.2) is 55.2 Å². The minimum atomic E-state index is 0.241. The fraction of sp³-hybridized carbons (Fsp3) is 0.600.